The van der Waals surface area contributed by atoms with Gasteiger partial charge in [-0.15, -0.1) is 11.3 Å². The number of likely N-dealkylation sites (N-methyl/N-ethyl adjacent to an activating group) is 1. The Morgan fingerprint density at radius 3 is 2.89 bits per heavy atom. The van der Waals surface area contributed by atoms with Crippen LogP contribution < -0.4 is 0 Å². The maximum Gasteiger partial charge on any atom is 0.116 e. The van der Waals surface area contributed by atoms with E-state index in [1.165, 1.54) is 37.9 Å². The van der Waals surface area contributed by atoms with Gasteiger partial charge in [0, 0.05) is 35.5 Å². The highest BCUT2D eigenvalue weighted by Crippen LogP contribution is 2.38. The molecule has 3 nitrogen and oxygen atoms in total. The molecule has 134 valence electrons. The molecule has 5 rings (SSSR count). The SMILES string of the molecule is Cc1c(-c2ccncn2)ccc2c1CN(C)CC2c1ccc2sccc2c1. The summed E-state index contributed by atoms with van der Waals surface area (Å²) in [6.45, 7) is 4.26. The predicted octanol–water partition coefficient (Wildman–Crippen LogP) is 5.24. The van der Waals surface area contributed by atoms with Crippen LogP contribution in [0.4, 0.5) is 0 Å². The molecule has 2 aromatic heterocycles. The highest BCUT2D eigenvalue weighted by molar-refractivity contribution is 7.17. The van der Waals surface area contributed by atoms with Crippen LogP contribution in [-0.2, 0) is 6.54 Å². The van der Waals surface area contributed by atoms with Crippen LogP contribution in [0.2, 0.25) is 0 Å². The molecule has 0 saturated carbocycles. The molecule has 1 aliphatic heterocycles. The molecular weight excluding hydrogens is 350 g/mol. The molecule has 0 amide bonds. The highest BCUT2D eigenvalue weighted by atomic mass is 32.1. The molecule has 0 bridgehead atoms. The molecule has 27 heavy (non-hydrogen) atoms. The molecule has 3 heterocycles. The van der Waals surface area contributed by atoms with E-state index >= 15 is 0 Å². The molecule has 1 atom stereocenters. The van der Waals surface area contributed by atoms with Crippen molar-refractivity contribution in [3.8, 4) is 11.3 Å². The van der Waals surface area contributed by atoms with E-state index in [9.17, 15) is 0 Å². The molecule has 4 aromatic rings. The minimum atomic E-state index is 0.404. The zero-order valence-electron chi connectivity index (χ0n) is 15.5. The van der Waals surface area contributed by atoms with Crippen molar-refractivity contribution >= 4 is 21.4 Å². The van der Waals surface area contributed by atoms with Crippen molar-refractivity contribution in [2.75, 3.05) is 13.6 Å². The second-order valence-electron chi connectivity index (χ2n) is 7.37. The fraction of sp³-hybridized carbons (Fsp3) is 0.217. The van der Waals surface area contributed by atoms with Gasteiger partial charge in [0.25, 0.3) is 0 Å². The van der Waals surface area contributed by atoms with E-state index in [0.717, 1.165) is 18.8 Å². The van der Waals surface area contributed by atoms with E-state index in [2.05, 4.69) is 70.6 Å². The highest BCUT2D eigenvalue weighted by Gasteiger charge is 2.27. The second kappa shape index (κ2) is 6.55. The molecule has 0 saturated heterocycles. The maximum atomic E-state index is 4.46. The fourth-order valence-electron chi connectivity index (χ4n) is 4.27. The molecule has 0 N–H and O–H groups in total. The van der Waals surface area contributed by atoms with Gasteiger partial charge in [-0.2, -0.15) is 0 Å². The van der Waals surface area contributed by atoms with Gasteiger partial charge in [0.15, 0.2) is 0 Å². The zero-order valence-corrected chi connectivity index (χ0v) is 16.3. The molecule has 2 aromatic carbocycles. The van der Waals surface area contributed by atoms with Gasteiger partial charge in [-0.05, 0) is 71.3 Å². The van der Waals surface area contributed by atoms with Crippen molar-refractivity contribution in [2.24, 2.45) is 0 Å². The number of nitrogens with zero attached hydrogens (tertiary/aromatic N) is 3. The summed E-state index contributed by atoms with van der Waals surface area (Å²) in [6, 6.07) is 15.7. The topological polar surface area (TPSA) is 29.0 Å². The van der Waals surface area contributed by atoms with E-state index in [1.807, 2.05) is 23.6 Å². The van der Waals surface area contributed by atoms with E-state index in [-0.39, 0.29) is 0 Å². The smallest absolute Gasteiger partial charge is 0.116 e. The van der Waals surface area contributed by atoms with Gasteiger partial charge in [-0.3, -0.25) is 0 Å². The summed E-state index contributed by atoms with van der Waals surface area (Å²) in [7, 11) is 2.22. The Labute approximate surface area is 163 Å². The van der Waals surface area contributed by atoms with Gasteiger partial charge in [-0.25, -0.2) is 9.97 Å². The lowest BCUT2D eigenvalue weighted by molar-refractivity contribution is 0.294. The third-order valence-corrected chi connectivity index (χ3v) is 6.57. The van der Waals surface area contributed by atoms with Gasteiger partial charge < -0.3 is 4.90 Å². The van der Waals surface area contributed by atoms with E-state index in [0.29, 0.717) is 5.92 Å². The first-order valence-corrected chi connectivity index (χ1v) is 10.1. The number of benzene rings is 2. The average molecular weight is 372 g/mol. The number of aromatic nitrogens is 2. The van der Waals surface area contributed by atoms with Crippen molar-refractivity contribution in [1.82, 2.24) is 14.9 Å². The van der Waals surface area contributed by atoms with Crippen LogP contribution in [0.5, 0.6) is 0 Å². The molecule has 1 aliphatic rings. The number of hydrogen-bond donors (Lipinski definition) is 0. The Morgan fingerprint density at radius 1 is 1.11 bits per heavy atom. The van der Waals surface area contributed by atoms with Gasteiger partial charge in [0.1, 0.15) is 6.33 Å². The summed E-state index contributed by atoms with van der Waals surface area (Å²) in [4.78, 5) is 10.9. The van der Waals surface area contributed by atoms with Crippen LogP contribution in [0.1, 0.15) is 28.2 Å². The lowest BCUT2D eigenvalue weighted by Crippen LogP contribution is -2.31. The Morgan fingerprint density at radius 2 is 2.04 bits per heavy atom. The van der Waals surface area contributed by atoms with Crippen molar-refractivity contribution < 1.29 is 0 Å². The van der Waals surface area contributed by atoms with Crippen molar-refractivity contribution in [3.63, 3.8) is 0 Å². The fourth-order valence-corrected chi connectivity index (χ4v) is 5.04. The minimum absolute atomic E-state index is 0.404. The summed E-state index contributed by atoms with van der Waals surface area (Å²) in [5.41, 5.74) is 7.84. The Balaban J connectivity index is 1.64. The molecule has 0 fully saturated rings. The summed E-state index contributed by atoms with van der Waals surface area (Å²) in [5, 5.41) is 3.52. The van der Waals surface area contributed by atoms with E-state index in [4.69, 9.17) is 0 Å². The first kappa shape index (κ1) is 16.6. The molecule has 0 spiro atoms. The standard InChI is InChI=1S/C23H21N3S/c1-15-18(22-7-9-24-14-25-22)4-5-19-20(15)12-26(2)13-21(19)16-3-6-23-17(11-16)8-10-27-23/h3-11,14,21H,12-13H2,1-2H3. The maximum absolute atomic E-state index is 4.46. The molecule has 0 radical (unpaired) electrons. The monoisotopic (exact) mass is 371 g/mol. The summed E-state index contributed by atoms with van der Waals surface area (Å²) in [6.07, 6.45) is 3.44. The number of rotatable bonds is 2. The second-order valence-corrected chi connectivity index (χ2v) is 8.32. The average Bonchev–Trinajstić information content (AvgIpc) is 3.17. The number of thiophene rings is 1. The quantitative estimate of drug-likeness (QED) is 0.482. The summed E-state index contributed by atoms with van der Waals surface area (Å²) < 4.78 is 1.36. The van der Waals surface area contributed by atoms with Crippen LogP contribution in [0.25, 0.3) is 21.3 Å². The summed E-state index contributed by atoms with van der Waals surface area (Å²) in [5.74, 6) is 0.404. The predicted molar refractivity (Wildman–Crippen MR) is 112 cm³/mol. The molecule has 4 heteroatoms. The molecular formula is C23H21N3S. The van der Waals surface area contributed by atoms with Gasteiger partial charge >= 0.3 is 0 Å². The Hall–Kier alpha value is -2.56. The molecule has 1 unspecified atom stereocenters. The van der Waals surface area contributed by atoms with Gasteiger partial charge in [0.05, 0.1) is 5.69 Å². The van der Waals surface area contributed by atoms with Crippen LogP contribution in [0, 0.1) is 6.92 Å². The van der Waals surface area contributed by atoms with E-state index < -0.39 is 0 Å². The van der Waals surface area contributed by atoms with Crippen molar-refractivity contribution in [2.45, 2.75) is 19.4 Å². The Kier molecular flexibility index (Phi) is 4.03. The van der Waals surface area contributed by atoms with Crippen LogP contribution in [0.15, 0.2) is 60.4 Å². The lowest BCUT2D eigenvalue weighted by atomic mass is 9.81. The first-order valence-electron chi connectivity index (χ1n) is 9.25. The minimum Gasteiger partial charge on any atom is -0.301 e. The Bertz CT molecular complexity index is 1120. The number of fused-ring (bicyclic) bond motifs is 2. The van der Waals surface area contributed by atoms with Crippen molar-refractivity contribution in [1.29, 1.82) is 0 Å². The third-order valence-electron chi connectivity index (χ3n) is 5.67. The first-order chi connectivity index (χ1) is 13.2. The lowest BCUT2D eigenvalue weighted by Gasteiger charge is -2.34. The third kappa shape index (κ3) is 2.85. The van der Waals surface area contributed by atoms with Gasteiger partial charge in [-0.1, -0.05) is 18.2 Å². The van der Waals surface area contributed by atoms with Crippen LogP contribution in [-0.4, -0.2) is 28.5 Å². The van der Waals surface area contributed by atoms with Gasteiger partial charge in [0.2, 0.25) is 0 Å². The van der Waals surface area contributed by atoms with E-state index in [1.54, 1.807) is 6.33 Å². The zero-order chi connectivity index (χ0) is 18.4. The van der Waals surface area contributed by atoms with Crippen LogP contribution >= 0.6 is 11.3 Å². The normalized spacial score (nSPS) is 17.2. The molecule has 0 aliphatic carbocycles. The number of hydrogen-bond acceptors (Lipinski definition) is 4. The largest absolute Gasteiger partial charge is 0.301 e. The summed E-state index contributed by atoms with van der Waals surface area (Å²) >= 11 is 1.81. The van der Waals surface area contributed by atoms with Crippen LogP contribution in [0.3, 0.4) is 0 Å². The van der Waals surface area contributed by atoms with Crippen molar-refractivity contribution in [3.05, 3.63) is 82.6 Å².